The summed E-state index contributed by atoms with van der Waals surface area (Å²) in [6, 6.07) is 2.51. The molecule has 1 aromatic heterocycles. The third-order valence-electron chi connectivity index (χ3n) is 11.8. The minimum Gasteiger partial charge on any atom is -0.481 e. The van der Waals surface area contributed by atoms with Crippen LogP contribution in [0.4, 0.5) is 0 Å². The number of hydrogen-bond acceptors (Lipinski definition) is 14. The van der Waals surface area contributed by atoms with Crippen molar-refractivity contribution in [3.63, 3.8) is 0 Å². The molecule has 2 aromatic carbocycles. The molecule has 0 saturated carbocycles. The van der Waals surface area contributed by atoms with Crippen LogP contribution >= 0.6 is 12.6 Å². The van der Waals surface area contributed by atoms with Crippen molar-refractivity contribution in [2.45, 2.75) is 120 Å². The lowest BCUT2D eigenvalue weighted by Crippen LogP contribution is -2.62. The second kappa shape index (κ2) is 27.3. The van der Waals surface area contributed by atoms with Crippen molar-refractivity contribution < 1.29 is 68.1 Å². The smallest absolute Gasteiger partial charge is 0.305 e. The second-order valence-electron chi connectivity index (χ2n) is 17.5. The van der Waals surface area contributed by atoms with Crippen LogP contribution in [0, 0.1) is 0 Å². The van der Waals surface area contributed by atoms with Crippen LogP contribution in [0.1, 0.15) is 58.1 Å². The summed E-state index contributed by atoms with van der Waals surface area (Å²) in [5.41, 5.74) is 7.38. The number of primary amides is 1. The molecule has 0 spiro atoms. The van der Waals surface area contributed by atoms with E-state index in [0.717, 1.165) is 6.92 Å². The lowest BCUT2D eigenvalue weighted by Gasteiger charge is -2.27. The van der Waals surface area contributed by atoms with Gasteiger partial charge in [0.05, 0.1) is 19.1 Å². The number of aliphatic hydroxyl groups is 2. The quantitative estimate of drug-likeness (QED) is 0.0343. The van der Waals surface area contributed by atoms with Gasteiger partial charge in [0.25, 0.3) is 0 Å². The number of carbonyl (C=O) groups is 11. The van der Waals surface area contributed by atoms with E-state index in [4.69, 9.17) is 5.73 Å². The molecule has 0 bridgehead atoms. The van der Waals surface area contributed by atoms with Gasteiger partial charge in [0.15, 0.2) is 0 Å². The number of aromatic nitrogens is 1. The third-order valence-corrected chi connectivity index (χ3v) is 12.2. The predicted octanol–water partition coefficient (Wildman–Crippen LogP) is -3.85. The van der Waals surface area contributed by atoms with Gasteiger partial charge < -0.3 is 73.5 Å². The molecule has 0 unspecified atom stereocenters. The molecule has 1 aliphatic rings. The molecule has 10 amide bonds. The number of nitrogens with one attached hydrogen (secondary N) is 9. The number of H-pyrrole nitrogens is 1. The number of benzene rings is 2. The fourth-order valence-corrected chi connectivity index (χ4v) is 8.06. The fourth-order valence-electron chi connectivity index (χ4n) is 7.80. The predicted molar refractivity (Wildman–Crippen MR) is 263 cm³/mol. The Morgan fingerprint density at radius 2 is 1.23 bits per heavy atom. The fraction of sp³-hybridized carbons (Fsp3) is 0.468. The normalized spacial score (nSPS) is 16.9. The number of nitrogens with two attached hydrogens (primary N) is 1. The number of thiol groups is 1. The van der Waals surface area contributed by atoms with Crippen molar-refractivity contribution in [3.8, 4) is 0 Å². The standard InChI is InChI=1S/C47H63N11O14S/c1-23(51-44(69)34(21-59)55-46(71)36-15-10-16-58(36)26(4)61)40(65)53-32(18-28-20-49-30-14-9-8-13-29(28)30)42(67)50-24(2)41(66)57-38(25(3)60)47(72)56-35(22-73)45(70)54-33(19-37(62)63)43(68)52-31(39(48)64)17-27-11-6-5-7-12-27/h5-9,11-14,20,23-25,31-36,38,49,59-60,73H,10,15-19,21-22H2,1-4H3,(H2,48,64)(H,50,67)(H,51,69)(H,52,68)(H,53,65)(H,54,70)(H,55,71)(H,56,72)(H,57,66)(H,62,63)/t23-,24-,25+,31-,32-,33-,34-,35-,36-,38-/m0/s1. The molecule has 73 heavy (non-hydrogen) atoms. The number of hydrogen-bond donors (Lipinski definition) is 14. The van der Waals surface area contributed by atoms with Gasteiger partial charge in [-0.05, 0) is 50.8 Å². The first-order valence-corrected chi connectivity index (χ1v) is 23.9. The summed E-state index contributed by atoms with van der Waals surface area (Å²) < 4.78 is 0. The Morgan fingerprint density at radius 3 is 1.82 bits per heavy atom. The first kappa shape index (κ1) is 58.0. The number of rotatable bonds is 26. The minimum absolute atomic E-state index is 0.0506. The van der Waals surface area contributed by atoms with Gasteiger partial charge in [0, 0.05) is 49.2 Å². The molecule has 2 heterocycles. The van der Waals surface area contributed by atoms with Crippen molar-refractivity contribution in [1.82, 2.24) is 52.4 Å². The van der Waals surface area contributed by atoms with Gasteiger partial charge in [0.2, 0.25) is 59.1 Å². The van der Waals surface area contributed by atoms with Crippen molar-refractivity contribution >= 4 is 88.6 Å². The largest absolute Gasteiger partial charge is 0.481 e. The molecule has 396 valence electrons. The minimum atomic E-state index is -1.78. The van der Waals surface area contributed by atoms with E-state index < -0.39 is 138 Å². The van der Waals surface area contributed by atoms with Gasteiger partial charge in [-0.1, -0.05) is 48.5 Å². The Labute approximate surface area is 424 Å². The summed E-state index contributed by atoms with van der Waals surface area (Å²) >= 11 is 4.10. The Morgan fingerprint density at radius 1 is 0.685 bits per heavy atom. The molecule has 1 fully saturated rings. The summed E-state index contributed by atoms with van der Waals surface area (Å²) in [7, 11) is 0. The molecule has 26 heteroatoms. The molecular weight excluding hydrogens is 975 g/mol. The molecule has 0 radical (unpaired) electrons. The summed E-state index contributed by atoms with van der Waals surface area (Å²) in [4.78, 5) is 148. The Balaban J connectivity index is 1.42. The highest BCUT2D eigenvalue weighted by Gasteiger charge is 2.37. The second-order valence-corrected chi connectivity index (χ2v) is 17.8. The van der Waals surface area contributed by atoms with E-state index in [9.17, 15) is 68.1 Å². The summed E-state index contributed by atoms with van der Waals surface area (Å²) in [5.74, 6) is -10.9. The molecule has 0 aliphatic carbocycles. The number of para-hydroxylation sites is 1. The van der Waals surface area contributed by atoms with Crippen molar-refractivity contribution in [2.24, 2.45) is 5.73 Å². The first-order valence-electron chi connectivity index (χ1n) is 23.2. The third kappa shape index (κ3) is 16.7. The molecular formula is C47H63N11O14S. The average Bonchev–Trinajstić information content (AvgIpc) is 4.01. The number of nitrogens with zero attached hydrogens (tertiary/aromatic N) is 1. The van der Waals surface area contributed by atoms with Crippen LogP contribution in [0.25, 0.3) is 10.9 Å². The van der Waals surface area contributed by atoms with Crippen molar-refractivity contribution in [2.75, 3.05) is 18.9 Å². The summed E-state index contributed by atoms with van der Waals surface area (Å²) in [5, 5.41) is 49.8. The molecule has 25 nitrogen and oxygen atoms in total. The number of aliphatic carboxylic acids is 1. The molecule has 14 N–H and O–H groups in total. The van der Waals surface area contributed by atoms with Crippen LogP contribution in [0.2, 0.25) is 0 Å². The van der Waals surface area contributed by atoms with Gasteiger partial charge in [-0.15, -0.1) is 0 Å². The zero-order valence-corrected chi connectivity index (χ0v) is 41.4. The zero-order valence-electron chi connectivity index (χ0n) is 40.5. The van der Waals surface area contributed by atoms with Crippen LogP contribution in [-0.2, 0) is 65.6 Å². The number of likely N-dealkylation sites (tertiary alicyclic amines) is 1. The van der Waals surface area contributed by atoms with Crippen LogP contribution < -0.4 is 48.3 Å². The van der Waals surface area contributed by atoms with Crippen LogP contribution in [-0.4, -0.2) is 170 Å². The molecule has 4 rings (SSSR count). The van der Waals surface area contributed by atoms with Gasteiger partial charge in [-0.2, -0.15) is 12.6 Å². The number of fused-ring (bicyclic) bond motifs is 1. The average molecular weight is 1040 g/mol. The number of carbonyl (C=O) groups excluding carboxylic acids is 10. The van der Waals surface area contributed by atoms with E-state index in [2.05, 4.69) is 60.1 Å². The number of aromatic amines is 1. The maximum Gasteiger partial charge on any atom is 0.305 e. The highest BCUT2D eigenvalue weighted by molar-refractivity contribution is 7.80. The Hall–Kier alpha value is -7.58. The maximum atomic E-state index is 14.0. The molecule has 1 aliphatic heterocycles. The molecule has 3 aromatic rings. The van der Waals surface area contributed by atoms with E-state index in [1.165, 1.54) is 25.7 Å². The maximum absolute atomic E-state index is 14.0. The highest BCUT2D eigenvalue weighted by atomic mass is 32.1. The monoisotopic (exact) mass is 1040 g/mol. The first-order chi connectivity index (χ1) is 34.5. The number of carboxylic acid groups (broad SMARTS) is 1. The van der Waals surface area contributed by atoms with E-state index in [0.29, 0.717) is 41.4 Å². The van der Waals surface area contributed by atoms with Crippen LogP contribution in [0.5, 0.6) is 0 Å². The number of carboxylic acids is 1. The van der Waals surface area contributed by atoms with Gasteiger partial charge in [-0.3, -0.25) is 52.7 Å². The molecule has 1 saturated heterocycles. The topological polar surface area (TPSA) is 390 Å². The molecule has 10 atom stereocenters. The summed E-state index contributed by atoms with van der Waals surface area (Å²) in [6.45, 7) is 4.48. The van der Waals surface area contributed by atoms with Crippen LogP contribution in [0.15, 0.2) is 60.8 Å². The van der Waals surface area contributed by atoms with Crippen molar-refractivity contribution in [1.29, 1.82) is 0 Å². The lowest BCUT2D eigenvalue weighted by atomic mass is 10.0. The van der Waals surface area contributed by atoms with Gasteiger partial charge in [0.1, 0.15) is 54.4 Å². The van der Waals surface area contributed by atoms with Gasteiger partial charge in [-0.25, -0.2) is 0 Å². The Bertz CT molecular complexity index is 2510. The Kier molecular flexibility index (Phi) is 21.7. The summed E-state index contributed by atoms with van der Waals surface area (Å²) in [6.07, 6.45) is -0.256. The number of aliphatic hydroxyl groups excluding tert-OH is 2. The zero-order chi connectivity index (χ0) is 54.1. The van der Waals surface area contributed by atoms with E-state index in [1.54, 1.807) is 60.8 Å². The number of amides is 10. The lowest BCUT2D eigenvalue weighted by molar-refractivity contribution is -0.141. The SMILES string of the molecule is CC(=O)N1CCC[C@H]1C(=O)N[C@@H](CO)C(=O)N[C@@H](C)C(=O)N[C@@H](Cc1c[nH]c2ccccc12)C(=O)N[C@@H](C)C(=O)N[C@H](C(=O)N[C@@H](CS)C(=O)N[C@@H](CC(=O)O)C(=O)N[C@@H](Cc1ccccc1)C(N)=O)[C@@H](C)O. The van der Waals surface area contributed by atoms with Crippen LogP contribution in [0.3, 0.4) is 0 Å². The van der Waals surface area contributed by atoms with E-state index in [-0.39, 0.29) is 18.7 Å². The van der Waals surface area contributed by atoms with Crippen molar-refractivity contribution in [3.05, 3.63) is 71.9 Å². The van der Waals surface area contributed by atoms with E-state index >= 15 is 0 Å². The highest BCUT2D eigenvalue weighted by Crippen LogP contribution is 2.20. The van der Waals surface area contributed by atoms with Gasteiger partial charge >= 0.3 is 5.97 Å². The van der Waals surface area contributed by atoms with E-state index in [1.807, 2.05) is 0 Å².